The average molecular weight is 238 g/mol. The average Bonchev–Trinajstić information content (AvgIpc) is 2.82. The zero-order chi connectivity index (χ0) is 12.5. The van der Waals surface area contributed by atoms with Crippen LogP contribution in [0.4, 0.5) is 0 Å². The zero-order valence-electron chi connectivity index (χ0n) is 10.1. The quantitative estimate of drug-likeness (QED) is 0.746. The summed E-state index contributed by atoms with van der Waals surface area (Å²) >= 11 is 0. The van der Waals surface area contributed by atoms with E-state index >= 15 is 0 Å². The summed E-state index contributed by atoms with van der Waals surface area (Å²) in [5.41, 5.74) is 10.1. The van der Waals surface area contributed by atoms with Crippen molar-refractivity contribution < 1.29 is 4.42 Å². The van der Waals surface area contributed by atoms with Gasteiger partial charge < -0.3 is 10.2 Å². The van der Waals surface area contributed by atoms with E-state index in [1.807, 2.05) is 49.5 Å². The van der Waals surface area contributed by atoms with Gasteiger partial charge in [0.15, 0.2) is 0 Å². The highest BCUT2D eigenvalue weighted by Crippen LogP contribution is 2.28. The highest BCUT2D eigenvalue weighted by Gasteiger charge is 2.14. The van der Waals surface area contributed by atoms with Crippen molar-refractivity contribution in [2.24, 2.45) is 5.73 Å². The molecule has 0 saturated carbocycles. The summed E-state index contributed by atoms with van der Waals surface area (Å²) in [5, 5.41) is 1.06. The number of aromatic nitrogens is 1. The molecule has 1 unspecified atom stereocenters. The van der Waals surface area contributed by atoms with E-state index in [4.69, 9.17) is 10.2 Å². The Hall–Kier alpha value is -2.13. The number of hydrogen-bond donors (Lipinski definition) is 1. The topological polar surface area (TPSA) is 52.0 Å². The van der Waals surface area contributed by atoms with Gasteiger partial charge in [-0.2, -0.15) is 0 Å². The van der Waals surface area contributed by atoms with Crippen molar-refractivity contribution in [3.05, 3.63) is 65.7 Å². The standard InChI is InChI=1S/C15H14N2O/c1-10-6-7-11(8-17-10)15(16)13-9-18-14-5-3-2-4-12(13)14/h2-9,15H,16H2,1H3. The van der Waals surface area contributed by atoms with Crippen LogP contribution in [0.2, 0.25) is 0 Å². The fraction of sp³-hybridized carbons (Fsp3) is 0.133. The van der Waals surface area contributed by atoms with Gasteiger partial charge in [0, 0.05) is 22.8 Å². The fourth-order valence-corrected chi connectivity index (χ4v) is 2.08. The van der Waals surface area contributed by atoms with Crippen LogP contribution in [0.15, 0.2) is 53.3 Å². The van der Waals surface area contributed by atoms with Gasteiger partial charge in [-0.1, -0.05) is 24.3 Å². The summed E-state index contributed by atoms with van der Waals surface area (Å²) in [6.45, 7) is 1.96. The first-order chi connectivity index (χ1) is 8.75. The molecule has 0 saturated heterocycles. The van der Waals surface area contributed by atoms with Crippen LogP contribution in [-0.4, -0.2) is 4.98 Å². The van der Waals surface area contributed by atoms with E-state index in [1.165, 1.54) is 0 Å². The molecule has 18 heavy (non-hydrogen) atoms. The van der Waals surface area contributed by atoms with Crippen LogP contribution >= 0.6 is 0 Å². The van der Waals surface area contributed by atoms with Crippen LogP contribution in [0, 0.1) is 6.92 Å². The Balaban J connectivity index is 2.06. The molecule has 0 aliphatic heterocycles. The highest BCUT2D eigenvalue weighted by molar-refractivity contribution is 5.81. The van der Waals surface area contributed by atoms with Gasteiger partial charge in [-0.25, -0.2) is 0 Å². The zero-order valence-corrected chi connectivity index (χ0v) is 10.1. The number of aryl methyl sites for hydroxylation is 1. The summed E-state index contributed by atoms with van der Waals surface area (Å²) in [6.07, 6.45) is 3.55. The molecule has 1 atom stereocenters. The molecule has 3 rings (SSSR count). The molecule has 2 heterocycles. The lowest BCUT2D eigenvalue weighted by molar-refractivity contribution is 0.607. The third kappa shape index (κ3) is 1.79. The Morgan fingerprint density at radius 2 is 2.00 bits per heavy atom. The molecule has 0 spiro atoms. The Labute approximate surface area is 105 Å². The van der Waals surface area contributed by atoms with Crippen LogP contribution in [0.3, 0.4) is 0 Å². The second kappa shape index (κ2) is 4.27. The summed E-state index contributed by atoms with van der Waals surface area (Å²) in [5.74, 6) is 0. The van der Waals surface area contributed by atoms with Gasteiger partial charge in [0.2, 0.25) is 0 Å². The predicted octanol–water partition coefficient (Wildman–Crippen LogP) is 3.18. The SMILES string of the molecule is Cc1ccc(C(N)c2coc3ccccc23)cn1. The molecule has 3 nitrogen and oxygen atoms in total. The summed E-state index contributed by atoms with van der Waals surface area (Å²) in [7, 11) is 0. The molecular formula is C15H14N2O. The maximum atomic E-state index is 6.28. The summed E-state index contributed by atoms with van der Waals surface area (Å²) in [4.78, 5) is 4.28. The van der Waals surface area contributed by atoms with E-state index in [-0.39, 0.29) is 6.04 Å². The molecule has 0 aliphatic carbocycles. The maximum Gasteiger partial charge on any atom is 0.134 e. The smallest absolute Gasteiger partial charge is 0.134 e. The predicted molar refractivity (Wildman–Crippen MR) is 71.2 cm³/mol. The van der Waals surface area contributed by atoms with Gasteiger partial charge in [0.05, 0.1) is 12.3 Å². The van der Waals surface area contributed by atoms with Crippen molar-refractivity contribution in [2.75, 3.05) is 0 Å². The third-order valence-corrected chi connectivity index (χ3v) is 3.14. The van der Waals surface area contributed by atoms with E-state index in [1.54, 1.807) is 6.26 Å². The normalized spacial score (nSPS) is 12.8. The molecule has 3 aromatic rings. The van der Waals surface area contributed by atoms with Gasteiger partial charge in [-0.3, -0.25) is 4.98 Å². The number of rotatable bonds is 2. The Morgan fingerprint density at radius 3 is 2.78 bits per heavy atom. The van der Waals surface area contributed by atoms with Crippen LogP contribution in [0.1, 0.15) is 22.9 Å². The number of fused-ring (bicyclic) bond motifs is 1. The lowest BCUT2D eigenvalue weighted by Crippen LogP contribution is -2.11. The van der Waals surface area contributed by atoms with Gasteiger partial charge in [-0.15, -0.1) is 0 Å². The molecule has 0 bridgehead atoms. The lowest BCUT2D eigenvalue weighted by atomic mass is 10.0. The Bertz CT molecular complexity index is 670. The minimum Gasteiger partial charge on any atom is -0.464 e. The van der Waals surface area contributed by atoms with Gasteiger partial charge in [-0.05, 0) is 24.6 Å². The van der Waals surface area contributed by atoms with Crippen molar-refractivity contribution in [3.8, 4) is 0 Å². The summed E-state index contributed by atoms with van der Waals surface area (Å²) < 4.78 is 5.51. The highest BCUT2D eigenvalue weighted by atomic mass is 16.3. The molecule has 0 radical (unpaired) electrons. The van der Waals surface area contributed by atoms with E-state index in [9.17, 15) is 0 Å². The second-order valence-corrected chi connectivity index (χ2v) is 4.40. The van der Waals surface area contributed by atoms with Crippen molar-refractivity contribution in [2.45, 2.75) is 13.0 Å². The summed E-state index contributed by atoms with van der Waals surface area (Å²) in [6, 6.07) is 11.7. The van der Waals surface area contributed by atoms with E-state index in [0.29, 0.717) is 0 Å². The Kier molecular flexibility index (Phi) is 2.61. The first-order valence-electron chi connectivity index (χ1n) is 5.90. The third-order valence-electron chi connectivity index (χ3n) is 3.14. The van der Waals surface area contributed by atoms with Crippen LogP contribution in [0.25, 0.3) is 11.0 Å². The van der Waals surface area contributed by atoms with Crippen LogP contribution in [-0.2, 0) is 0 Å². The number of furan rings is 1. The largest absolute Gasteiger partial charge is 0.464 e. The number of benzene rings is 1. The van der Waals surface area contributed by atoms with Crippen molar-refractivity contribution in [3.63, 3.8) is 0 Å². The number of nitrogens with zero attached hydrogens (tertiary/aromatic N) is 1. The van der Waals surface area contributed by atoms with Crippen LogP contribution in [0.5, 0.6) is 0 Å². The van der Waals surface area contributed by atoms with E-state index in [0.717, 1.165) is 27.8 Å². The first-order valence-corrected chi connectivity index (χ1v) is 5.90. The first kappa shape index (κ1) is 11.0. The minimum atomic E-state index is -0.207. The molecule has 2 N–H and O–H groups in total. The van der Waals surface area contributed by atoms with Gasteiger partial charge in [0.25, 0.3) is 0 Å². The number of pyridine rings is 1. The van der Waals surface area contributed by atoms with Crippen molar-refractivity contribution in [1.29, 1.82) is 0 Å². The molecular weight excluding hydrogens is 224 g/mol. The maximum absolute atomic E-state index is 6.28. The van der Waals surface area contributed by atoms with Crippen LogP contribution < -0.4 is 5.73 Å². The lowest BCUT2D eigenvalue weighted by Gasteiger charge is -2.10. The molecule has 3 heteroatoms. The van der Waals surface area contributed by atoms with Crippen molar-refractivity contribution >= 4 is 11.0 Å². The monoisotopic (exact) mass is 238 g/mol. The number of nitrogens with two attached hydrogens (primary N) is 1. The molecule has 0 aliphatic rings. The van der Waals surface area contributed by atoms with Crippen molar-refractivity contribution in [1.82, 2.24) is 4.98 Å². The van der Waals surface area contributed by atoms with E-state index < -0.39 is 0 Å². The number of hydrogen-bond acceptors (Lipinski definition) is 3. The van der Waals surface area contributed by atoms with E-state index in [2.05, 4.69) is 4.98 Å². The van der Waals surface area contributed by atoms with Gasteiger partial charge >= 0.3 is 0 Å². The number of para-hydroxylation sites is 1. The molecule has 2 aromatic heterocycles. The Morgan fingerprint density at radius 1 is 1.17 bits per heavy atom. The fourth-order valence-electron chi connectivity index (χ4n) is 2.08. The molecule has 0 amide bonds. The van der Waals surface area contributed by atoms with Gasteiger partial charge in [0.1, 0.15) is 5.58 Å². The molecule has 0 fully saturated rings. The molecule has 1 aromatic carbocycles. The minimum absolute atomic E-state index is 0.207. The second-order valence-electron chi connectivity index (χ2n) is 4.40. The molecule has 90 valence electrons.